The average Bonchev–Trinajstić information content (AvgIpc) is 3.22. The van der Waals surface area contributed by atoms with Crippen molar-refractivity contribution in [2.45, 2.75) is 32.2 Å². The molecular weight excluding hydrogens is 408 g/mol. The van der Waals surface area contributed by atoms with Gasteiger partial charge in [-0.25, -0.2) is 8.42 Å². The molecule has 0 amide bonds. The normalized spacial score (nSPS) is 12.1. The first-order valence-corrected chi connectivity index (χ1v) is 12.2. The van der Waals surface area contributed by atoms with E-state index in [1.807, 2.05) is 24.4 Å². The van der Waals surface area contributed by atoms with E-state index in [0.29, 0.717) is 43.5 Å². The fourth-order valence-electron chi connectivity index (χ4n) is 2.98. The second kappa shape index (κ2) is 11.7. The number of sulfonamides is 1. The molecule has 1 aromatic carbocycles. The van der Waals surface area contributed by atoms with E-state index in [2.05, 4.69) is 18.7 Å². The monoisotopic (exact) mass is 440 g/mol. The highest BCUT2D eigenvalue weighted by Gasteiger charge is 2.26. The third-order valence-electron chi connectivity index (χ3n) is 4.80. The smallest absolute Gasteiger partial charge is 0.243 e. The summed E-state index contributed by atoms with van der Waals surface area (Å²) in [4.78, 5) is 3.56. The maximum Gasteiger partial charge on any atom is 0.243 e. The Labute approximate surface area is 179 Å². The van der Waals surface area contributed by atoms with Gasteiger partial charge in [-0.2, -0.15) is 4.31 Å². The lowest BCUT2D eigenvalue weighted by Crippen LogP contribution is -2.38. The molecule has 0 fully saturated rings. The number of rotatable bonds is 13. The van der Waals surface area contributed by atoms with Gasteiger partial charge >= 0.3 is 0 Å². The largest absolute Gasteiger partial charge is 0.491 e. The zero-order valence-electron chi connectivity index (χ0n) is 17.8. The Hall–Kier alpha value is -1.45. The first-order chi connectivity index (χ1) is 13.9. The van der Waals surface area contributed by atoms with Gasteiger partial charge in [-0.05, 0) is 55.2 Å². The Morgan fingerprint density at radius 3 is 2.41 bits per heavy atom. The lowest BCUT2D eigenvalue weighted by atomic mass is 10.2. The summed E-state index contributed by atoms with van der Waals surface area (Å²) < 4.78 is 39.1. The van der Waals surface area contributed by atoms with E-state index in [1.165, 1.54) is 0 Å². The second-order valence-corrected chi connectivity index (χ2v) is 9.68. The van der Waals surface area contributed by atoms with Gasteiger partial charge < -0.3 is 14.4 Å². The van der Waals surface area contributed by atoms with Crippen molar-refractivity contribution in [2.24, 2.45) is 0 Å². The summed E-state index contributed by atoms with van der Waals surface area (Å²) in [6.45, 7) is 10.3. The maximum atomic E-state index is 13.4. The molecule has 0 unspecified atom stereocenters. The van der Waals surface area contributed by atoms with Crippen LogP contribution < -0.4 is 4.74 Å². The quantitative estimate of drug-likeness (QED) is 0.445. The maximum absolute atomic E-state index is 13.4. The van der Waals surface area contributed by atoms with Gasteiger partial charge in [-0.15, -0.1) is 11.3 Å². The molecule has 1 heterocycles. The predicted octanol–water partition coefficient (Wildman–Crippen LogP) is 3.61. The number of hydrogen-bond acceptors (Lipinski definition) is 6. The Balaban J connectivity index is 2.23. The Bertz CT molecular complexity index is 834. The highest BCUT2D eigenvalue weighted by molar-refractivity contribution is 7.89. The highest BCUT2D eigenvalue weighted by Crippen LogP contribution is 2.26. The van der Waals surface area contributed by atoms with Gasteiger partial charge in [0, 0.05) is 31.6 Å². The van der Waals surface area contributed by atoms with Crippen LogP contribution >= 0.6 is 11.3 Å². The molecule has 162 valence electrons. The van der Waals surface area contributed by atoms with Crippen molar-refractivity contribution in [3.8, 4) is 5.75 Å². The lowest BCUT2D eigenvalue weighted by molar-refractivity contribution is 0.146. The molecule has 0 N–H and O–H groups in total. The van der Waals surface area contributed by atoms with Crippen LogP contribution in [0.5, 0.6) is 5.75 Å². The van der Waals surface area contributed by atoms with Gasteiger partial charge in [-0.3, -0.25) is 0 Å². The number of methoxy groups -OCH3 is 1. The standard InChI is InChI=1S/C21H32N2O4S2/c1-5-22(6-2)11-12-23(17-19-8-7-15-28-19)29(24,25)20-9-10-21(18(3)16-20)27-14-13-26-4/h7-10,15-16H,5-6,11-14,17H2,1-4H3. The minimum atomic E-state index is -3.62. The summed E-state index contributed by atoms with van der Waals surface area (Å²) in [5.41, 5.74) is 0.794. The number of ether oxygens (including phenoxy) is 2. The van der Waals surface area contributed by atoms with Gasteiger partial charge in [-0.1, -0.05) is 19.9 Å². The lowest BCUT2D eigenvalue weighted by Gasteiger charge is -2.26. The van der Waals surface area contributed by atoms with Crippen LogP contribution in [0.1, 0.15) is 24.3 Å². The average molecular weight is 441 g/mol. The fraction of sp³-hybridized carbons (Fsp3) is 0.524. The molecule has 0 bridgehead atoms. The molecule has 8 heteroatoms. The number of nitrogens with zero attached hydrogens (tertiary/aromatic N) is 2. The summed E-state index contributed by atoms with van der Waals surface area (Å²) in [6, 6.07) is 8.97. The molecule has 6 nitrogen and oxygen atoms in total. The molecule has 2 rings (SSSR count). The van der Waals surface area contributed by atoms with Crippen LogP contribution in [0, 0.1) is 6.92 Å². The van der Waals surface area contributed by atoms with Crippen LogP contribution in [0.25, 0.3) is 0 Å². The third-order valence-corrected chi connectivity index (χ3v) is 7.50. The van der Waals surface area contributed by atoms with E-state index in [1.54, 1.807) is 41.0 Å². The molecule has 0 saturated carbocycles. The van der Waals surface area contributed by atoms with Crippen molar-refractivity contribution >= 4 is 21.4 Å². The first kappa shape index (κ1) is 23.8. The topological polar surface area (TPSA) is 59.1 Å². The molecule has 0 aliphatic rings. The molecular formula is C21H32N2O4S2. The van der Waals surface area contributed by atoms with Gasteiger partial charge in [0.1, 0.15) is 12.4 Å². The molecule has 0 saturated heterocycles. The number of aryl methyl sites for hydroxylation is 1. The van der Waals surface area contributed by atoms with Crippen molar-refractivity contribution in [2.75, 3.05) is 46.5 Å². The fourth-order valence-corrected chi connectivity index (χ4v) is 5.28. The minimum absolute atomic E-state index is 0.296. The molecule has 0 atom stereocenters. The molecule has 29 heavy (non-hydrogen) atoms. The van der Waals surface area contributed by atoms with Crippen LogP contribution in [-0.4, -0.2) is 64.1 Å². The summed E-state index contributed by atoms with van der Waals surface area (Å²) in [7, 11) is -2.00. The van der Waals surface area contributed by atoms with Crippen molar-refractivity contribution in [1.82, 2.24) is 9.21 Å². The molecule has 0 radical (unpaired) electrons. The SMILES string of the molecule is CCN(CC)CCN(Cc1cccs1)S(=O)(=O)c1ccc(OCCOC)c(C)c1. The number of hydrogen-bond donors (Lipinski definition) is 0. The van der Waals surface area contributed by atoms with E-state index in [4.69, 9.17) is 9.47 Å². The van der Waals surface area contributed by atoms with Crippen LogP contribution in [-0.2, 0) is 21.3 Å². The summed E-state index contributed by atoms with van der Waals surface area (Å²) in [5.74, 6) is 0.675. The Morgan fingerprint density at radius 2 is 1.83 bits per heavy atom. The van der Waals surface area contributed by atoms with E-state index >= 15 is 0 Å². The van der Waals surface area contributed by atoms with E-state index in [9.17, 15) is 8.42 Å². The first-order valence-electron chi connectivity index (χ1n) is 9.89. The van der Waals surface area contributed by atoms with E-state index < -0.39 is 10.0 Å². The van der Waals surface area contributed by atoms with E-state index in [0.717, 1.165) is 23.5 Å². The molecule has 1 aromatic heterocycles. The van der Waals surface area contributed by atoms with Crippen LogP contribution in [0.15, 0.2) is 40.6 Å². The van der Waals surface area contributed by atoms with Gasteiger partial charge in [0.15, 0.2) is 0 Å². The zero-order valence-corrected chi connectivity index (χ0v) is 19.4. The summed E-state index contributed by atoms with van der Waals surface area (Å²) in [5, 5.41) is 1.97. The molecule has 0 spiro atoms. The van der Waals surface area contributed by atoms with Crippen LogP contribution in [0.2, 0.25) is 0 Å². The van der Waals surface area contributed by atoms with Crippen molar-refractivity contribution < 1.29 is 17.9 Å². The zero-order chi connectivity index (χ0) is 21.3. The second-order valence-electron chi connectivity index (χ2n) is 6.71. The van der Waals surface area contributed by atoms with Crippen molar-refractivity contribution in [3.05, 3.63) is 46.2 Å². The summed E-state index contributed by atoms with van der Waals surface area (Å²) in [6.07, 6.45) is 0. The van der Waals surface area contributed by atoms with Gasteiger partial charge in [0.2, 0.25) is 10.0 Å². The minimum Gasteiger partial charge on any atom is -0.491 e. The number of thiophene rings is 1. The van der Waals surface area contributed by atoms with Crippen LogP contribution in [0.4, 0.5) is 0 Å². The highest BCUT2D eigenvalue weighted by atomic mass is 32.2. The van der Waals surface area contributed by atoms with Crippen molar-refractivity contribution in [1.29, 1.82) is 0 Å². The predicted molar refractivity (Wildman–Crippen MR) is 118 cm³/mol. The van der Waals surface area contributed by atoms with Gasteiger partial charge in [0.25, 0.3) is 0 Å². The van der Waals surface area contributed by atoms with E-state index in [-0.39, 0.29) is 0 Å². The summed E-state index contributed by atoms with van der Waals surface area (Å²) >= 11 is 1.57. The number of likely N-dealkylation sites (N-methyl/N-ethyl adjacent to an activating group) is 1. The van der Waals surface area contributed by atoms with Crippen LogP contribution in [0.3, 0.4) is 0 Å². The van der Waals surface area contributed by atoms with Gasteiger partial charge in [0.05, 0.1) is 11.5 Å². The van der Waals surface area contributed by atoms with Crippen molar-refractivity contribution in [3.63, 3.8) is 0 Å². The third kappa shape index (κ3) is 6.79. The molecule has 0 aliphatic heterocycles. The number of benzene rings is 1. The molecule has 0 aliphatic carbocycles. The Kier molecular flexibility index (Phi) is 9.58. The molecule has 2 aromatic rings. The Morgan fingerprint density at radius 1 is 1.07 bits per heavy atom.